The zero-order valence-electron chi connectivity index (χ0n) is 113. The summed E-state index contributed by atoms with van der Waals surface area (Å²) in [4.78, 5) is 29.6. The molecule has 74 heavy (non-hydrogen) atoms. The number of aliphatic carboxylic acids is 3. The van der Waals surface area contributed by atoms with Gasteiger partial charge in [0.15, 0.2) is 0 Å². The van der Waals surface area contributed by atoms with Crippen molar-refractivity contribution in [3.05, 3.63) is 36.5 Å². The molecule has 0 aliphatic carbocycles. The topological polar surface area (TPSA) is 173 Å². The number of carboxylic acids is 3. The molecule has 0 fully saturated rings. The number of aliphatic hydroxyl groups is 3. The van der Waals surface area contributed by atoms with Gasteiger partial charge in [0.2, 0.25) is 0 Å². The number of hydrogen-bond acceptors (Lipinski definition) is 6. The Hall–Kier alpha value is 47.5. The first-order valence-corrected chi connectivity index (χ1v) is 6.60. The summed E-state index contributed by atoms with van der Waals surface area (Å²) in [5, 5.41) is 48.8. The van der Waals surface area contributed by atoms with Crippen LogP contribution in [0, 0.1) is 0 Å². The fourth-order valence-electron chi connectivity index (χ4n) is 0.726. The maximum atomic E-state index is 9.88. The summed E-state index contributed by atoms with van der Waals surface area (Å²) < 4.78 is 0. The molecule has 0 aliphatic heterocycles. The van der Waals surface area contributed by atoms with Crippen LogP contribution in [0.1, 0.15) is 90.6 Å². The van der Waals surface area contributed by atoms with Gasteiger partial charge >= 0.3 is 1500 Å². The first-order valence-electron chi connectivity index (χ1n) is 6.60. The molecule has 0 aromatic heterocycles. The second kappa shape index (κ2) is 337. The summed E-state index contributed by atoms with van der Waals surface area (Å²) in [5.41, 5.74) is 0.146. The van der Waals surface area contributed by atoms with Crippen molar-refractivity contribution in [1.29, 1.82) is 0 Å². The predicted molar refractivity (Wildman–Crippen MR) is 141 cm³/mol. The number of carbonyl (C=O) groups is 3. The van der Waals surface area contributed by atoms with Gasteiger partial charge in [0.1, 0.15) is 0 Å². The molecule has 0 heterocycles. The van der Waals surface area contributed by atoms with Gasteiger partial charge in [-0.25, -0.2) is 14.4 Å². The minimum Gasteiger partial charge on any atom is -1.00 e. The van der Waals surface area contributed by atoms with Crippen LogP contribution in [0.25, 0.3) is 0 Å². The quantitative estimate of drug-likeness (QED) is 0.0971. The third kappa shape index (κ3) is 358. The van der Waals surface area contributed by atoms with Crippen molar-refractivity contribution in [2.45, 2.75) is 19.3 Å². The molecule has 0 aromatic carbocycles. The van der Waals surface area contributed by atoms with Crippen LogP contribution in [0.3, 0.4) is 0 Å². The van der Waals surface area contributed by atoms with Crippen LogP contribution in [-0.4, -0.2) is 68.4 Å². The van der Waals surface area contributed by atoms with E-state index in [1.807, 2.05) is 0 Å². The molecule has 0 rings (SSSR count). The van der Waals surface area contributed by atoms with Gasteiger partial charge in [-0.05, 0) is 0 Å². The average Bonchev–Trinajstić information content (AvgIpc) is 2.49. The molecule has 59 heteroatoms. The molecular formula is C15H74Na50O9. The van der Waals surface area contributed by atoms with E-state index in [1.165, 1.54) is 0 Å². The van der Waals surface area contributed by atoms with Crippen LogP contribution in [0.5, 0.6) is 0 Å². The minimum absolute atomic E-state index is 0. The van der Waals surface area contributed by atoms with E-state index in [1.54, 1.807) is 0 Å². The fourth-order valence-corrected chi connectivity index (χ4v) is 0.726. The van der Waals surface area contributed by atoms with Gasteiger partial charge in [0.05, 0.1) is 0 Å². The molecule has 0 aromatic rings. The van der Waals surface area contributed by atoms with Crippen molar-refractivity contribution in [3.8, 4) is 0 Å². The van der Waals surface area contributed by atoms with E-state index in [2.05, 4.69) is 19.7 Å². The van der Waals surface area contributed by atoms with Gasteiger partial charge in [-0.2, -0.15) is 0 Å². The van der Waals surface area contributed by atoms with E-state index in [0.29, 0.717) is 0 Å². The maximum Gasteiger partial charge on any atom is 1.00 e. The average molecular weight is 1550 g/mol. The zero-order valence-corrected chi connectivity index (χ0v) is 163. The van der Waals surface area contributed by atoms with Crippen LogP contribution in [0.2, 0.25) is 0 Å². The Morgan fingerprint density at radius 1 is 0.203 bits per heavy atom. The maximum absolute atomic E-state index is 9.88. The second-order valence-electron chi connectivity index (χ2n) is 4.15. The number of aliphatic hydroxyl groups excluding tert-OH is 3. The second-order valence-corrected chi connectivity index (χ2v) is 4.15. The molecular weight excluding hydrogens is 1470 g/mol. The van der Waals surface area contributed by atoms with Gasteiger partial charge in [0.25, 0.3) is 0 Å². The molecule has 0 spiro atoms. The largest absolute Gasteiger partial charge is 1.00 e. The first-order chi connectivity index (χ1) is 11.0. The minimum atomic E-state index is -1.04. The van der Waals surface area contributed by atoms with E-state index in [4.69, 9.17) is 30.6 Å². The number of rotatable bonds is 9. The number of hydrogen-bond donors (Lipinski definition) is 6. The van der Waals surface area contributed by atoms with E-state index in [0.717, 1.165) is 0 Å². The summed E-state index contributed by atoms with van der Waals surface area (Å²) in [6.07, 6.45) is 0.444. The van der Waals surface area contributed by atoms with Gasteiger partial charge in [-0.3, -0.25) is 0 Å². The third-order valence-electron chi connectivity index (χ3n) is 2.15. The summed E-state index contributed by atoms with van der Waals surface area (Å²) in [6, 6.07) is 0. The normalized spacial score (nSPS) is 2.80. The van der Waals surface area contributed by atoms with Crippen molar-refractivity contribution in [1.82, 2.24) is 0 Å². The van der Waals surface area contributed by atoms with Crippen LogP contribution in [0.4, 0.5) is 0 Å². The molecule has 238 valence electrons. The summed E-state index contributed by atoms with van der Waals surface area (Å²) in [6.45, 7) is 9.11. The molecule has 0 saturated heterocycles. The van der Waals surface area contributed by atoms with Crippen LogP contribution in [-0.2, 0) is 14.4 Å². The monoisotopic (exact) mass is 1550 g/mol. The van der Waals surface area contributed by atoms with Crippen molar-refractivity contribution >= 4 is 17.9 Å². The predicted octanol–water partition coefficient (Wildman–Crippen LogP) is -144. The summed E-state index contributed by atoms with van der Waals surface area (Å²) in [7, 11) is 0. The fraction of sp³-hybridized carbons (Fsp3) is 0.400. The van der Waals surface area contributed by atoms with Crippen molar-refractivity contribution in [2.75, 3.05) is 19.8 Å². The first kappa shape index (κ1) is 376. The Bertz CT molecular complexity index is 573. The van der Waals surface area contributed by atoms with E-state index in [-0.39, 0.29) is 1600 Å². The molecule has 6 N–H and O–H groups in total. The molecule has 0 saturated carbocycles. The Kier molecular flexibility index (Phi) is 1710. The Balaban J connectivity index is -0.000000000376. The Morgan fingerprint density at radius 2 is 0.257 bits per heavy atom. The van der Waals surface area contributed by atoms with E-state index < -0.39 is 17.9 Å². The SMILES string of the molecule is C=C(CCO)C(=O)O.C=C(CCO)C(=O)O.C=C(CCO)C(=O)O.[H-].[H-].[H-].[H-].[H-].[H-].[H-].[H-].[H-].[H-].[H-].[H-].[H-].[H-].[H-].[H-].[H-].[H-].[H-].[H-].[H-].[H-].[H-].[H-].[H-].[H-].[H-].[H-].[H-].[H-].[H-].[H-].[H-].[H-].[H-].[H-].[H-].[H-].[H-].[H-].[H-].[H-].[H-].[H-].[H-].[H-].[H-].[H-].[H-].[H-].[Na+].[Na+].[Na+].[Na+].[Na+].[Na+].[Na+].[Na+].[Na+].[Na+].[Na+].[Na+].[Na+].[Na+].[Na+].[Na+].[Na+].[Na+].[Na+].[Na+].[Na+].[Na+].[Na+].[Na+].[Na+].[Na+].[Na+].[Na+].[Na+].[Na+].[Na+].[Na+].[Na+].[Na+].[Na+].[Na+].[Na+].[Na+].[Na+].[Na+].[Na+].[Na+].[Na+].[Na+].[Na+].[Na+].[Na+].[Na+].[Na+].[Na+]. The van der Waals surface area contributed by atoms with Gasteiger partial charge in [0, 0.05) is 55.8 Å². The summed E-state index contributed by atoms with van der Waals surface area (Å²) in [5.74, 6) is -3.13. The van der Waals surface area contributed by atoms with E-state index in [9.17, 15) is 14.4 Å². The molecule has 0 bridgehead atoms. The van der Waals surface area contributed by atoms with Crippen LogP contribution >= 0.6 is 0 Å². The molecule has 0 atom stereocenters. The third-order valence-corrected chi connectivity index (χ3v) is 2.15. The molecule has 0 amide bonds. The molecule has 0 unspecified atom stereocenters. The van der Waals surface area contributed by atoms with Crippen LogP contribution in [0.15, 0.2) is 36.5 Å². The zero-order chi connectivity index (χ0) is 19.7. The van der Waals surface area contributed by atoms with Crippen molar-refractivity contribution in [2.24, 2.45) is 0 Å². The standard InChI is InChI=1S/3C5H8O3.50Na.50H/c3*1-4(2-3-6)5(7)8;;;;;;;;;;;;;;;;;;;;;;;;;;;;;;;;;;;;;;;;;;;;;;;;;;;;;;;;;;;;;;;;;;;;;;;;;;;;;;;;;;;;;;;;;;;;;;;;;;;;/h3*6H,1-3H2,(H,7,8);;;;;;;;;;;;;;;;;;;;;;;;;;;;;;;;;;;;;;;;;;;;;;;;;;;;;;;;;;;;;;;;;;;;;;;;;;;;;;;;;;;;;;;;;;;;;;;;;;;;/q;;;50*+1;50*-1. The summed E-state index contributed by atoms with van der Waals surface area (Å²) >= 11 is 0. The molecule has 0 radical (unpaired) electrons. The van der Waals surface area contributed by atoms with Crippen LogP contribution < -0.4 is 1480 Å². The van der Waals surface area contributed by atoms with Gasteiger partial charge < -0.3 is 102 Å². The molecule has 9 nitrogen and oxygen atoms in total. The van der Waals surface area contributed by atoms with Gasteiger partial charge in [-0.15, -0.1) is 0 Å². The van der Waals surface area contributed by atoms with Crippen molar-refractivity contribution in [3.63, 3.8) is 0 Å². The van der Waals surface area contributed by atoms with Crippen molar-refractivity contribution < 1.29 is 1590 Å². The smallest absolute Gasteiger partial charge is 1.00 e. The number of carboxylic acid groups (broad SMARTS) is 3. The molecule has 0 aliphatic rings. The Morgan fingerprint density at radius 3 is 0.270 bits per heavy atom. The Labute approximate surface area is 1630 Å². The van der Waals surface area contributed by atoms with Gasteiger partial charge in [-0.1, -0.05) is 19.7 Å². The van der Waals surface area contributed by atoms with E-state index >= 15 is 0 Å².